The molecule has 0 saturated heterocycles. The number of carbonyl (C=O) groups excluding carboxylic acids is 1. The zero-order valence-corrected chi connectivity index (χ0v) is 10.1. The summed E-state index contributed by atoms with van der Waals surface area (Å²) in [6.07, 6.45) is -4.13. The Bertz CT molecular complexity index is 196. The van der Waals surface area contributed by atoms with Crippen molar-refractivity contribution in [2.75, 3.05) is 6.54 Å². The fourth-order valence-electron chi connectivity index (χ4n) is 0.916. The molecule has 1 N–H and O–H groups in total. The van der Waals surface area contributed by atoms with Crippen molar-refractivity contribution in [1.29, 1.82) is 0 Å². The summed E-state index contributed by atoms with van der Waals surface area (Å²) in [5.74, 6) is -0.539. The minimum absolute atomic E-state index is 0.306. The van der Waals surface area contributed by atoms with Crippen LogP contribution in [0.5, 0.6) is 0 Å². The van der Waals surface area contributed by atoms with Gasteiger partial charge in [-0.05, 0) is 12.8 Å². The number of nitrogens with one attached hydrogen (secondary N) is 1. The molecule has 0 aliphatic heterocycles. The van der Waals surface area contributed by atoms with E-state index in [0.717, 1.165) is 12.8 Å². The van der Waals surface area contributed by atoms with Gasteiger partial charge in [0.05, 0.1) is 6.42 Å². The van der Waals surface area contributed by atoms with Gasteiger partial charge in [-0.15, -0.1) is 0 Å². The first-order valence-electron chi connectivity index (χ1n) is 4.82. The molecule has 0 rings (SSSR count). The van der Waals surface area contributed by atoms with Crippen LogP contribution in [-0.2, 0) is 4.79 Å². The van der Waals surface area contributed by atoms with Crippen LogP contribution in [0.4, 0.5) is 13.2 Å². The van der Waals surface area contributed by atoms with Gasteiger partial charge in [0.1, 0.15) is 0 Å². The minimum Gasteiger partial charge on any atom is -0.356 e. The molecule has 1 unspecified atom stereocenters. The molecule has 0 saturated carbocycles. The molecule has 0 aromatic heterocycles. The summed E-state index contributed by atoms with van der Waals surface area (Å²) in [4.78, 5) is 11.2. The quantitative estimate of drug-likeness (QED) is 0.749. The van der Waals surface area contributed by atoms with E-state index in [-0.39, 0.29) is 0 Å². The minimum atomic E-state index is -4.25. The van der Waals surface area contributed by atoms with Gasteiger partial charge in [-0.3, -0.25) is 4.79 Å². The predicted octanol–water partition coefficient (Wildman–Crippen LogP) is 3.01. The lowest BCUT2D eigenvalue weighted by Gasteiger charge is -2.09. The number of rotatable bonds is 6. The van der Waals surface area contributed by atoms with Crippen molar-refractivity contribution in [2.24, 2.45) is 0 Å². The van der Waals surface area contributed by atoms with Gasteiger partial charge in [0.2, 0.25) is 5.91 Å². The Morgan fingerprint density at radius 3 is 2.53 bits per heavy atom. The van der Waals surface area contributed by atoms with E-state index >= 15 is 0 Å². The van der Waals surface area contributed by atoms with E-state index in [9.17, 15) is 18.0 Å². The Labute approximate surface area is 95.7 Å². The van der Waals surface area contributed by atoms with Crippen molar-refractivity contribution >= 4 is 21.8 Å². The molecule has 15 heavy (non-hydrogen) atoms. The van der Waals surface area contributed by atoms with Crippen molar-refractivity contribution in [3.8, 4) is 0 Å². The van der Waals surface area contributed by atoms with Crippen molar-refractivity contribution in [3.63, 3.8) is 0 Å². The van der Waals surface area contributed by atoms with Gasteiger partial charge in [0.25, 0.3) is 0 Å². The Morgan fingerprint density at radius 1 is 1.47 bits per heavy atom. The highest BCUT2D eigenvalue weighted by atomic mass is 79.9. The van der Waals surface area contributed by atoms with Gasteiger partial charge in [0.15, 0.2) is 0 Å². The van der Waals surface area contributed by atoms with Gasteiger partial charge in [-0.1, -0.05) is 22.9 Å². The first kappa shape index (κ1) is 14.7. The van der Waals surface area contributed by atoms with E-state index in [1.807, 2.05) is 6.92 Å². The molecule has 0 fully saturated rings. The molecule has 0 aliphatic rings. The van der Waals surface area contributed by atoms with Crippen LogP contribution >= 0.6 is 15.9 Å². The lowest BCUT2D eigenvalue weighted by atomic mass is 10.2. The maximum absolute atomic E-state index is 11.7. The Balaban J connectivity index is 3.50. The Hall–Kier alpha value is -0.260. The molecule has 1 atom stereocenters. The molecule has 0 radical (unpaired) electrons. The van der Waals surface area contributed by atoms with Crippen molar-refractivity contribution in [1.82, 2.24) is 5.32 Å². The summed E-state index contributed by atoms with van der Waals surface area (Å²) in [5, 5.41) is 2.45. The average molecular weight is 290 g/mol. The summed E-state index contributed by atoms with van der Waals surface area (Å²) in [5.41, 5.74) is 0. The highest BCUT2D eigenvalue weighted by molar-refractivity contribution is 9.09. The number of hydrogen-bond donors (Lipinski definition) is 1. The molecule has 6 heteroatoms. The van der Waals surface area contributed by atoms with Crippen LogP contribution in [0.3, 0.4) is 0 Å². The zero-order valence-electron chi connectivity index (χ0n) is 8.53. The van der Waals surface area contributed by atoms with Crippen molar-refractivity contribution < 1.29 is 18.0 Å². The molecule has 0 bridgehead atoms. The molecule has 0 heterocycles. The number of hydrogen-bond acceptors (Lipinski definition) is 1. The van der Waals surface area contributed by atoms with Crippen LogP contribution in [-0.4, -0.2) is 23.5 Å². The summed E-state index contributed by atoms with van der Waals surface area (Å²) >= 11 is 3.37. The Kier molecular flexibility index (Phi) is 6.96. The van der Waals surface area contributed by atoms with Crippen LogP contribution in [0, 0.1) is 0 Å². The lowest BCUT2D eigenvalue weighted by molar-refractivity contribution is -0.144. The standard InChI is InChI=1S/C9H15BrF3NO/c1-2-7(10)4-6-14-8(15)3-5-9(11,12)13/h7H,2-6H2,1H3,(H,14,15). The van der Waals surface area contributed by atoms with Crippen molar-refractivity contribution in [2.45, 2.75) is 43.6 Å². The maximum Gasteiger partial charge on any atom is 0.389 e. The largest absolute Gasteiger partial charge is 0.389 e. The topological polar surface area (TPSA) is 29.1 Å². The fourth-order valence-corrected chi connectivity index (χ4v) is 1.14. The summed E-state index contributed by atoms with van der Waals surface area (Å²) in [7, 11) is 0. The third-order valence-electron chi connectivity index (χ3n) is 1.86. The monoisotopic (exact) mass is 289 g/mol. The molecular weight excluding hydrogens is 275 g/mol. The van der Waals surface area contributed by atoms with Crippen LogP contribution < -0.4 is 5.32 Å². The van der Waals surface area contributed by atoms with Crippen LogP contribution in [0.2, 0.25) is 0 Å². The zero-order chi connectivity index (χ0) is 11.9. The number of alkyl halides is 4. The SMILES string of the molecule is CCC(Br)CCNC(=O)CCC(F)(F)F. The fraction of sp³-hybridized carbons (Fsp3) is 0.889. The molecule has 0 aromatic carbocycles. The first-order chi connectivity index (χ1) is 6.85. The molecular formula is C9H15BrF3NO. The molecule has 1 amide bonds. The Morgan fingerprint density at radius 2 is 2.07 bits per heavy atom. The van der Waals surface area contributed by atoms with E-state index < -0.39 is 24.9 Å². The second-order valence-electron chi connectivity index (χ2n) is 3.26. The molecule has 0 aliphatic carbocycles. The molecule has 0 spiro atoms. The number of carbonyl (C=O) groups is 1. The number of halogens is 4. The normalized spacial score (nSPS) is 13.7. The first-order valence-corrected chi connectivity index (χ1v) is 5.74. The third-order valence-corrected chi connectivity index (χ3v) is 2.96. The van der Waals surface area contributed by atoms with Gasteiger partial charge in [0, 0.05) is 17.8 Å². The van der Waals surface area contributed by atoms with E-state index in [1.165, 1.54) is 0 Å². The van der Waals surface area contributed by atoms with E-state index in [2.05, 4.69) is 21.2 Å². The summed E-state index contributed by atoms with van der Waals surface area (Å²) in [6.45, 7) is 2.41. The third kappa shape index (κ3) is 10.0. The van der Waals surface area contributed by atoms with Crippen LogP contribution in [0.1, 0.15) is 32.6 Å². The predicted molar refractivity (Wildman–Crippen MR) is 55.9 cm³/mol. The second-order valence-corrected chi connectivity index (χ2v) is 4.55. The number of amides is 1. The van der Waals surface area contributed by atoms with Gasteiger partial charge in [-0.2, -0.15) is 13.2 Å². The van der Waals surface area contributed by atoms with E-state index in [1.54, 1.807) is 0 Å². The summed E-state index contributed by atoms with van der Waals surface area (Å²) in [6, 6.07) is 0. The van der Waals surface area contributed by atoms with Crippen LogP contribution in [0.25, 0.3) is 0 Å². The lowest BCUT2D eigenvalue weighted by Crippen LogP contribution is -2.27. The van der Waals surface area contributed by atoms with Crippen LogP contribution in [0.15, 0.2) is 0 Å². The second kappa shape index (κ2) is 7.09. The van der Waals surface area contributed by atoms with Crippen molar-refractivity contribution in [3.05, 3.63) is 0 Å². The molecule has 2 nitrogen and oxygen atoms in total. The van der Waals surface area contributed by atoms with Gasteiger partial charge >= 0.3 is 6.18 Å². The van der Waals surface area contributed by atoms with E-state index in [0.29, 0.717) is 11.4 Å². The van der Waals surface area contributed by atoms with Gasteiger partial charge in [-0.25, -0.2) is 0 Å². The molecule has 0 aromatic rings. The highest BCUT2D eigenvalue weighted by Crippen LogP contribution is 2.20. The highest BCUT2D eigenvalue weighted by Gasteiger charge is 2.27. The smallest absolute Gasteiger partial charge is 0.356 e. The van der Waals surface area contributed by atoms with Gasteiger partial charge < -0.3 is 5.32 Å². The molecule has 90 valence electrons. The summed E-state index contributed by atoms with van der Waals surface area (Å²) < 4.78 is 35.2. The maximum atomic E-state index is 11.7. The van der Waals surface area contributed by atoms with E-state index in [4.69, 9.17) is 0 Å². The average Bonchev–Trinajstić information content (AvgIpc) is 2.13.